The lowest BCUT2D eigenvalue weighted by molar-refractivity contribution is -0.118. The molecule has 262 valence electrons. The van der Waals surface area contributed by atoms with Crippen LogP contribution in [-0.2, 0) is 19.1 Å². The minimum atomic E-state index is -1.14. The van der Waals surface area contributed by atoms with Gasteiger partial charge in [0.15, 0.2) is 0 Å². The molecule has 2 atom stereocenters. The molecule has 2 heterocycles. The maximum absolute atomic E-state index is 14.0. The van der Waals surface area contributed by atoms with Crippen molar-refractivity contribution in [2.45, 2.75) is 64.8 Å². The third-order valence-electron chi connectivity index (χ3n) is 7.52. The molecular formula is C36H40N6O8. The molecule has 0 radical (unpaired) electrons. The summed E-state index contributed by atoms with van der Waals surface area (Å²) in [5.74, 6) is -2.02. The highest BCUT2D eigenvalue weighted by molar-refractivity contribution is 6.14. The van der Waals surface area contributed by atoms with Crippen molar-refractivity contribution in [3.05, 3.63) is 83.9 Å². The number of nitrogens with zero attached hydrogens (tertiary/aromatic N) is 2. The third-order valence-corrected chi connectivity index (χ3v) is 7.52. The number of carbonyl (C=O) groups excluding carboxylic acids is 6. The number of carbonyl (C=O) groups is 6. The molecule has 5 rings (SSSR count). The number of rotatable bonds is 4. The van der Waals surface area contributed by atoms with Crippen molar-refractivity contribution >= 4 is 58.6 Å². The van der Waals surface area contributed by atoms with Crippen molar-refractivity contribution in [2.24, 2.45) is 0 Å². The average molecular weight is 685 g/mol. The molecule has 0 unspecified atom stereocenters. The number of anilines is 4. The lowest BCUT2D eigenvalue weighted by Gasteiger charge is -2.27. The Bertz CT molecular complexity index is 1700. The Balaban J connectivity index is 1.40. The standard InChI is InChI=1S/C36H40N6O8/c1-35(2,3)49-33(47)39-25-19-41(27-13-9-7-11-23(27)37-29(25)43)31(45)21-15-17-22(18-16-21)32(46)42-20-26(40-34(48)50-36(4,5)6)30(44)38-24-12-8-10-14-28(24)42/h7-18,25-26H,19-20H2,1-6H3,(H,37,43)(H,38,44)(H,39,47)(H,40,48)/t25-,26-/m0/s1. The Hall–Kier alpha value is -5.92. The Morgan fingerprint density at radius 2 is 0.940 bits per heavy atom. The first-order chi connectivity index (χ1) is 23.5. The predicted molar refractivity (Wildman–Crippen MR) is 186 cm³/mol. The molecule has 50 heavy (non-hydrogen) atoms. The molecule has 0 aromatic heterocycles. The van der Waals surface area contributed by atoms with Gasteiger partial charge in [-0.2, -0.15) is 0 Å². The minimum Gasteiger partial charge on any atom is -0.444 e. The summed E-state index contributed by atoms with van der Waals surface area (Å²) < 4.78 is 10.7. The largest absolute Gasteiger partial charge is 0.444 e. The summed E-state index contributed by atoms with van der Waals surface area (Å²) in [5, 5.41) is 10.6. The quantitative estimate of drug-likeness (QED) is 0.307. The fraction of sp³-hybridized carbons (Fsp3) is 0.333. The number of hydrogen-bond acceptors (Lipinski definition) is 8. The Morgan fingerprint density at radius 1 is 0.600 bits per heavy atom. The number of para-hydroxylation sites is 4. The first-order valence-corrected chi connectivity index (χ1v) is 16.0. The second kappa shape index (κ2) is 13.9. The molecule has 3 aromatic rings. The summed E-state index contributed by atoms with van der Waals surface area (Å²) in [6, 6.07) is 17.2. The maximum Gasteiger partial charge on any atom is 0.408 e. The van der Waals surface area contributed by atoms with Gasteiger partial charge in [0.25, 0.3) is 11.8 Å². The molecule has 3 aromatic carbocycles. The molecule has 2 aliphatic heterocycles. The lowest BCUT2D eigenvalue weighted by atomic mass is 10.1. The summed E-state index contributed by atoms with van der Waals surface area (Å²) in [6.45, 7) is 9.78. The van der Waals surface area contributed by atoms with Crippen LogP contribution in [0.5, 0.6) is 0 Å². The van der Waals surface area contributed by atoms with E-state index in [-0.39, 0.29) is 24.2 Å². The highest BCUT2D eigenvalue weighted by Gasteiger charge is 2.36. The second-order valence-electron chi connectivity index (χ2n) is 13.8. The first-order valence-electron chi connectivity index (χ1n) is 16.0. The van der Waals surface area contributed by atoms with Crippen LogP contribution in [0.25, 0.3) is 0 Å². The van der Waals surface area contributed by atoms with Gasteiger partial charge in [0, 0.05) is 11.1 Å². The van der Waals surface area contributed by atoms with Gasteiger partial charge in [-0.1, -0.05) is 24.3 Å². The Kier molecular flexibility index (Phi) is 9.84. The number of nitrogens with one attached hydrogen (secondary N) is 4. The molecule has 0 aliphatic carbocycles. The van der Waals surface area contributed by atoms with Gasteiger partial charge < -0.3 is 40.5 Å². The lowest BCUT2D eigenvalue weighted by Crippen LogP contribution is -2.51. The summed E-state index contributed by atoms with van der Waals surface area (Å²) in [6.07, 6.45) is -1.62. The molecule has 2 aliphatic rings. The van der Waals surface area contributed by atoms with Gasteiger partial charge in [-0.3, -0.25) is 19.2 Å². The first kappa shape index (κ1) is 35.4. The van der Waals surface area contributed by atoms with Crippen LogP contribution in [0.4, 0.5) is 32.3 Å². The van der Waals surface area contributed by atoms with Gasteiger partial charge in [-0.15, -0.1) is 0 Å². The van der Waals surface area contributed by atoms with E-state index in [4.69, 9.17) is 9.47 Å². The van der Waals surface area contributed by atoms with Crippen LogP contribution in [-0.4, -0.2) is 72.2 Å². The van der Waals surface area contributed by atoms with E-state index in [1.165, 1.54) is 34.1 Å². The van der Waals surface area contributed by atoms with Crippen LogP contribution >= 0.6 is 0 Å². The van der Waals surface area contributed by atoms with Crippen LogP contribution in [0.2, 0.25) is 0 Å². The summed E-state index contributed by atoms with van der Waals surface area (Å²) in [7, 11) is 0. The van der Waals surface area contributed by atoms with Crippen molar-refractivity contribution in [3.63, 3.8) is 0 Å². The van der Waals surface area contributed by atoms with Crippen LogP contribution in [0.3, 0.4) is 0 Å². The number of ether oxygens (including phenoxy) is 2. The van der Waals surface area contributed by atoms with E-state index < -0.39 is 59.1 Å². The number of benzene rings is 3. The van der Waals surface area contributed by atoms with Crippen molar-refractivity contribution in [1.82, 2.24) is 10.6 Å². The van der Waals surface area contributed by atoms with E-state index in [0.29, 0.717) is 22.7 Å². The fourth-order valence-electron chi connectivity index (χ4n) is 5.37. The predicted octanol–water partition coefficient (Wildman–Crippen LogP) is 4.67. The van der Waals surface area contributed by atoms with E-state index in [1.54, 1.807) is 90.1 Å². The monoisotopic (exact) mass is 684 g/mol. The number of fused-ring (bicyclic) bond motifs is 2. The normalized spacial score (nSPS) is 17.5. The second-order valence-corrected chi connectivity index (χ2v) is 13.8. The van der Waals surface area contributed by atoms with E-state index in [9.17, 15) is 28.8 Å². The number of hydrogen-bond donors (Lipinski definition) is 4. The van der Waals surface area contributed by atoms with Crippen molar-refractivity contribution in [1.29, 1.82) is 0 Å². The Morgan fingerprint density at radius 3 is 1.28 bits per heavy atom. The van der Waals surface area contributed by atoms with Gasteiger partial charge in [0.1, 0.15) is 23.3 Å². The van der Waals surface area contributed by atoms with Gasteiger partial charge in [0.05, 0.1) is 35.8 Å². The maximum atomic E-state index is 14.0. The molecule has 0 fully saturated rings. The molecule has 14 nitrogen and oxygen atoms in total. The van der Waals surface area contributed by atoms with E-state index >= 15 is 0 Å². The molecule has 0 bridgehead atoms. The van der Waals surface area contributed by atoms with Crippen molar-refractivity contribution in [2.75, 3.05) is 33.5 Å². The van der Waals surface area contributed by atoms with Crippen LogP contribution < -0.4 is 31.1 Å². The highest BCUT2D eigenvalue weighted by Crippen LogP contribution is 2.32. The zero-order valence-electron chi connectivity index (χ0n) is 28.7. The molecule has 0 saturated heterocycles. The van der Waals surface area contributed by atoms with Gasteiger partial charge in [-0.25, -0.2) is 9.59 Å². The minimum absolute atomic E-state index is 0.195. The van der Waals surface area contributed by atoms with Crippen LogP contribution in [0.15, 0.2) is 72.8 Å². The molecule has 4 N–H and O–H groups in total. The third kappa shape index (κ3) is 8.38. The van der Waals surface area contributed by atoms with Gasteiger partial charge in [-0.05, 0) is 90.1 Å². The van der Waals surface area contributed by atoms with Crippen LogP contribution in [0, 0.1) is 0 Å². The topological polar surface area (TPSA) is 175 Å². The molecular weight excluding hydrogens is 644 g/mol. The highest BCUT2D eigenvalue weighted by atomic mass is 16.6. The summed E-state index contributed by atoms with van der Waals surface area (Å²) >= 11 is 0. The molecule has 0 saturated carbocycles. The molecule has 0 spiro atoms. The van der Waals surface area contributed by atoms with Gasteiger partial charge >= 0.3 is 12.2 Å². The summed E-state index contributed by atoms with van der Waals surface area (Å²) in [4.78, 5) is 82.1. The van der Waals surface area contributed by atoms with E-state index in [1.807, 2.05) is 0 Å². The van der Waals surface area contributed by atoms with E-state index in [2.05, 4.69) is 21.3 Å². The van der Waals surface area contributed by atoms with Crippen molar-refractivity contribution in [3.8, 4) is 0 Å². The fourth-order valence-corrected chi connectivity index (χ4v) is 5.37. The molecule has 14 heteroatoms. The SMILES string of the molecule is CC(C)(C)OC(=O)N[C@H]1CN(C(=O)c2ccc(C(=O)N3C[C@H](NC(=O)OC(C)(C)C)C(=O)Nc4ccccc43)cc2)c2ccccc2NC1=O. The zero-order chi connectivity index (χ0) is 36.4. The zero-order valence-corrected chi connectivity index (χ0v) is 28.7. The molecule has 6 amide bonds. The average Bonchev–Trinajstić information content (AvgIpc) is 3.25. The van der Waals surface area contributed by atoms with Crippen LogP contribution in [0.1, 0.15) is 62.3 Å². The Labute approximate surface area is 289 Å². The number of alkyl carbamates (subject to hydrolysis) is 2. The number of amides is 6. The summed E-state index contributed by atoms with van der Waals surface area (Å²) in [5.41, 5.74) is 0.397. The smallest absolute Gasteiger partial charge is 0.408 e. The van der Waals surface area contributed by atoms with E-state index in [0.717, 1.165) is 0 Å². The van der Waals surface area contributed by atoms with Gasteiger partial charge in [0.2, 0.25) is 11.8 Å². The van der Waals surface area contributed by atoms with Crippen molar-refractivity contribution < 1.29 is 38.2 Å².